The first-order chi connectivity index (χ1) is 7.26. The number of rotatable bonds is 3. The minimum absolute atomic E-state index is 0.0941. The molecule has 0 spiro atoms. The summed E-state index contributed by atoms with van der Waals surface area (Å²) in [6.07, 6.45) is 6.76. The molecule has 1 saturated heterocycles. The second-order valence-corrected chi connectivity index (χ2v) is 4.58. The maximum atomic E-state index is 5.95. The Hall–Kier alpha value is -0.540. The maximum Gasteiger partial charge on any atom is 0.112 e. The molecule has 2 heterocycles. The van der Waals surface area contributed by atoms with Crippen LogP contribution in [0.5, 0.6) is 0 Å². The van der Waals surface area contributed by atoms with E-state index in [1.54, 1.807) is 0 Å². The lowest BCUT2D eigenvalue weighted by molar-refractivity contribution is -0.0876. The Morgan fingerprint density at radius 2 is 2.27 bits per heavy atom. The normalized spacial score (nSPS) is 33.3. The van der Waals surface area contributed by atoms with Gasteiger partial charge in [0, 0.05) is 13.0 Å². The average molecular weight is 211 g/mol. The Morgan fingerprint density at radius 1 is 1.40 bits per heavy atom. The molecule has 1 fully saturated rings. The predicted octanol–water partition coefficient (Wildman–Crippen LogP) is 1.84. The van der Waals surface area contributed by atoms with Gasteiger partial charge in [-0.05, 0) is 39.3 Å². The number of nitrogens with one attached hydrogen (secondary N) is 1. The molecule has 0 bridgehead atoms. The molecular formula is C12H21NO2. The van der Waals surface area contributed by atoms with Gasteiger partial charge in [0.15, 0.2) is 0 Å². The molecule has 15 heavy (non-hydrogen) atoms. The van der Waals surface area contributed by atoms with E-state index in [2.05, 4.69) is 18.3 Å². The van der Waals surface area contributed by atoms with Crippen molar-refractivity contribution in [3.05, 3.63) is 11.8 Å². The van der Waals surface area contributed by atoms with Crippen molar-refractivity contribution in [1.29, 1.82) is 0 Å². The molecule has 0 saturated carbocycles. The van der Waals surface area contributed by atoms with E-state index in [0.717, 1.165) is 31.8 Å². The van der Waals surface area contributed by atoms with Gasteiger partial charge in [-0.15, -0.1) is 0 Å². The third kappa shape index (κ3) is 2.18. The van der Waals surface area contributed by atoms with E-state index in [1.807, 2.05) is 7.05 Å². The summed E-state index contributed by atoms with van der Waals surface area (Å²) in [4.78, 5) is 0. The summed E-state index contributed by atoms with van der Waals surface area (Å²) < 4.78 is 11.6. The van der Waals surface area contributed by atoms with E-state index in [1.165, 1.54) is 12.8 Å². The highest BCUT2D eigenvalue weighted by molar-refractivity contribution is 5.14. The molecule has 0 amide bonds. The Bertz CT molecular complexity index is 244. The summed E-state index contributed by atoms with van der Waals surface area (Å²) >= 11 is 0. The summed E-state index contributed by atoms with van der Waals surface area (Å²) in [6.45, 7) is 3.89. The molecule has 0 aromatic rings. The Morgan fingerprint density at radius 3 is 2.80 bits per heavy atom. The first-order valence-electron chi connectivity index (χ1n) is 5.90. The molecule has 2 aliphatic rings. The fourth-order valence-electron chi connectivity index (χ4n) is 2.57. The number of ether oxygens (including phenoxy) is 2. The third-order valence-electron chi connectivity index (χ3n) is 3.42. The molecule has 0 aliphatic carbocycles. The summed E-state index contributed by atoms with van der Waals surface area (Å²) in [7, 11) is 1.98. The van der Waals surface area contributed by atoms with Gasteiger partial charge in [0.25, 0.3) is 0 Å². The van der Waals surface area contributed by atoms with Gasteiger partial charge in [0.1, 0.15) is 5.76 Å². The fraction of sp³-hybridized carbons (Fsp3) is 0.833. The van der Waals surface area contributed by atoms with Gasteiger partial charge in [-0.25, -0.2) is 0 Å². The zero-order valence-corrected chi connectivity index (χ0v) is 9.71. The topological polar surface area (TPSA) is 30.5 Å². The quantitative estimate of drug-likeness (QED) is 0.772. The molecule has 2 unspecified atom stereocenters. The molecule has 1 N–H and O–H groups in total. The van der Waals surface area contributed by atoms with Crippen molar-refractivity contribution in [2.75, 3.05) is 20.3 Å². The zero-order chi connectivity index (χ0) is 10.7. The van der Waals surface area contributed by atoms with Crippen LogP contribution in [0.1, 0.15) is 32.6 Å². The summed E-state index contributed by atoms with van der Waals surface area (Å²) in [5, 5.41) is 3.34. The van der Waals surface area contributed by atoms with Crippen LogP contribution in [0, 0.1) is 0 Å². The van der Waals surface area contributed by atoms with Gasteiger partial charge < -0.3 is 14.8 Å². The van der Waals surface area contributed by atoms with Crippen molar-refractivity contribution in [2.24, 2.45) is 0 Å². The van der Waals surface area contributed by atoms with Crippen LogP contribution in [0.3, 0.4) is 0 Å². The molecule has 86 valence electrons. The second kappa shape index (κ2) is 4.54. The van der Waals surface area contributed by atoms with Crippen LogP contribution in [0.25, 0.3) is 0 Å². The van der Waals surface area contributed by atoms with Crippen molar-refractivity contribution < 1.29 is 9.47 Å². The molecule has 2 aliphatic heterocycles. The molecule has 2 rings (SSSR count). The van der Waals surface area contributed by atoms with Crippen LogP contribution in [0.15, 0.2) is 11.8 Å². The van der Waals surface area contributed by atoms with E-state index in [9.17, 15) is 0 Å². The lowest BCUT2D eigenvalue weighted by Crippen LogP contribution is -2.52. The Labute approximate surface area is 91.8 Å². The number of likely N-dealkylation sites (N-methyl/N-ethyl adjacent to an activating group) is 1. The van der Waals surface area contributed by atoms with Crippen LogP contribution >= 0.6 is 0 Å². The maximum absolute atomic E-state index is 5.95. The van der Waals surface area contributed by atoms with Gasteiger partial charge in [0.05, 0.1) is 18.2 Å². The minimum Gasteiger partial charge on any atom is -0.496 e. The van der Waals surface area contributed by atoms with Crippen LogP contribution in [-0.2, 0) is 9.47 Å². The van der Waals surface area contributed by atoms with E-state index in [0.29, 0.717) is 0 Å². The minimum atomic E-state index is -0.0941. The van der Waals surface area contributed by atoms with Crippen molar-refractivity contribution >= 4 is 0 Å². The Kier molecular flexibility index (Phi) is 3.32. The monoisotopic (exact) mass is 211 g/mol. The molecule has 3 heteroatoms. The average Bonchev–Trinajstić information content (AvgIpc) is 2.73. The van der Waals surface area contributed by atoms with Gasteiger partial charge in [-0.1, -0.05) is 0 Å². The van der Waals surface area contributed by atoms with Gasteiger partial charge in [0.2, 0.25) is 0 Å². The first kappa shape index (κ1) is 11.0. The highest BCUT2D eigenvalue weighted by Crippen LogP contribution is 2.32. The van der Waals surface area contributed by atoms with E-state index < -0.39 is 0 Å². The van der Waals surface area contributed by atoms with Gasteiger partial charge in [-0.2, -0.15) is 0 Å². The second-order valence-electron chi connectivity index (χ2n) is 4.58. The van der Waals surface area contributed by atoms with Crippen molar-refractivity contribution in [2.45, 2.75) is 44.2 Å². The Balaban J connectivity index is 2.09. The smallest absolute Gasteiger partial charge is 0.112 e. The molecule has 0 aromatic carbocycles. The van der Waals surface area contributed by atoms with E-state index in [4.69, 9.17) is 9.47 Å². The molecule has 0 radical (unpaired) electrons. The predicted molar refractivity (Wildman–Crippen MR) is 59.7 cm³/mol. The van der Waals surface area contributed by atoms with Gasteiger partial charge >= 0.3 is 0 Å². The summed E-state index contributed by atoms with van der Waals surface area (Å²) in [5.41, 5.74) is -0.0941. The SMILES string of the molecule is CNC(C1=CCCO1)C1(C)CCCCO1. The number of hydrogen-bond donors (Lipinski definition) is 1. The van der Waals surface area contributed by atoms with Gasteiger partial charge in [-0.3, -0.25) is 0 Å². The van der Waals surface area contributed by atoms with Crippen molar-refractivity contribution in [1.82, 2.24) is 5.32 Å². The van der Waals surface area contributed by atoms with E-state index >= 15 is 0 Å². The number of hydrogen-bond acceptors (Lipinski definition) is 3. The zero-order valence-electron chi connectivity index (χ0n) is 9.71. The van der Waals surface area contributed by atoms with E-state index in [-0.39, 0.29) is 11.6 Å². The summed E-state index contributed by atoms with van der Waals surface area (Å²) in [5.74, 6) is 1.07. The molecular weight excluding hydrogens is 190 g/mol. The fourth-order valence-corrected chi connectivity index (χ4v) is 2.57. The molecule has 3 nitrogen and oxygen atoms in total. The first-order valence-corrected chi connectivity index (χ1v) is 5.90. The van der Waals surface area contributed by atoms with Crippen molar-refractivity contribution in [3.63, 3.8) is 0 Å². The van der Waals surface area contributed by atoms with Crippen LogP contribution in [0.4, 0.5) is 0 Å². The lowest BCUT2D eigenvalue weighted by Gasteiger charge is -2.40. The highest BCUT2D eigenvalue weighted by atomic mass is 16.5. The highest BCUT2D eigenvalue weighted by Gasteiger charge is 2.39. The molecule has 2 atom stereocenters. The standard InChI is InChI=1S/C12H21NO2/c1-12(7-3-4-9-15-12)11(13-2)10-6-5-8-14-10/h6,11,13H,3-5,7-9H2,1-2H3. The molecule has 0 aromatic heterocycles. The third-order valence-corrected chi connectivity index (χ3v) is 3.42. The van der Waals surface area contributed by atoms with Crippen LogP contribution < -0.4 is 5.32 Å². The largest absolute Gasteiger partial charge is 0.496 e. The lowest BCUT2D eigenvalue weighted by atomic mass is 9.87. The van der Waals surface area contributed by atoms with Crippen LogP contribution in [0.2, 0.25) is 0 Å². The summed E-state index contributed by atoms with van der Waals surface area (Å²) in [6, 6.07) is 0.209. The van der Waals surface area contributed by atoms with Crippen molar-refractivity contribution in [3.8, 4) is 0 Å². The van der Waals surface area contributed by atoms with Crippen LogP contribution in [-0.4, -0.2) is 31.9 Å².